The zero-order valence-electron chi connectivity index (χ0n) is 12.9. The number of amides is 1. The molecule has 0 bridgehead atoms. The molecule has 1 heterocycles. The first kappa shape index (κ1) is 16.0. The molecule has 4 heteroatoms. The second-order valence-corrected chi connectivity index (χ2v) is 6.22. The molecule has 0 radical (unpaired) electrons. The summed E-state index contributed by atoms with van der Waals surface area (Å²) in [4.78, 5) is 13.2. The van der Waals surface area contributed by atoms with Crippen molar-refractivity contribution in [1.82, 2.24) is 5.32 Å². The normalized spacial score (nSPS) is 12.5. The van der Waals surface area contributed by atoms with E-state index in [1.807, 2.05) is 56.5 Å². The van der Waals surface area contributed by atoms with Crippen LogP contribution < -0.4 is 5.32 Å². The highest BCUT2D eigenvalue weighted by Crippen LogP contribution is 2.20. The summed E-state index contributed by atoms with van der Waals surface area (Å²) in [6.07, 6.45) is 1.62. The molecule has 2 aromatic rings. The van der Waals surface area contributed by atoms with Gasteiger partial charge in [0.25, 0.3) is 5.91 Å². The second kappa shape index (κ2) is 7.06. The number of benzene rings is 1. The highest BCUT2D eigenvalue weighted by atomic mass is 32.1. The van der Waals surface area contributed by atoms with Gasteiger partial charge in [-0.3, -0.25) is 4.79 Å². The maximum absolute atomic E-state index is 12.3. The first-order valence-corrected chi connectivity index (χ1v) is 7.92. The predicted molar refractivity (Wildman–Crippen MR) is 90.4 cm³/mol. The van der Waals surface area contributed by atoms with Crippen molar-refractivity contribution in [2.75, 3.05) is 0 Å². The van der Waals surface area contributed by atoms with Crippen molar-refractivity contribution in [2.24, 2.45) is 0 Å². The summed E-state index contributed by atoms with van der Waals surface area (Å²) in [7, 11) is 0. The smallest absolute Gasteiger partial charge is 0.262 e. The maximum Gasteiger partial charge on any atom is 0.262 e. The molecule has 1 amide bonds. The summed E-state index contributed by atoms with van der Waals surface area (Å²) in [5.74, 6) is -0.343. The monoisotopic (exact) mass is 310 g/mol. The summed E-state index contributed by atoms with van der Waals surface area (Å²) in [6.45, 7) is 5.97. The van der Waals surface area contributed by atoms with Crippen LogP contribution in [0.25, 0.3) is 6.08 Å². The molecule has 2 rings (SSSR count). The number of aryl methyl sites for hydroxylation is 2. The lowest BCUT2D eigenvalue weighted by Gasteiger charge is -2.17. The van der Waals surface area contributed by atoms with Gasteiger partial charge in [0.15, 0.2) is 0 Å². The van der Waals surface area contributed by atoms with E-state index in [4.69, 9.17) is 0 Å². The van der Waals surface area contributed by atoms with Crippen molar-refractivity contribution in [1.29, 1.82) is 5.26 Å². The van der Waals surface area contributed by atoms with Crippen LogP contribution in [0.15, 0.2) is 41.3 Å². The van der Waals surface area contributed by atoms with Crippen LogP contribution in [0.3, 0.4) is 0 Å². The summed E-state index contributed by atoms with van der Waals surface area (Å²) in [5, 5.41) is 14.0. The van der Waals surface area contributed by atoms with Crippen molar-refractivity contribution in [3.8, 4) is 6.07 Å². The Morgan fingerprint density at radius 3 is 2.77 bits per heavy atom. The Kier molecular flexibility index (Phi) is 5.13. The summed E-state index contributed by atoms with van der Waals surface area (Å²) in [5.41, 5.74) is 3.47. The van der Waals surface area contributed by atoms with Gasteiger partial charge in [-0.1, -0.05) is 29.8 Å². The van der Waals surface area contributed by atoms with Gasteiger partial charge in [0.1, 0.15) is 11.6 Å². The Morgan fingerprint density at radius 2 is 2.14 bits per heavy atom. The van der Waals surface area contributed by atoms with E-state index in [0.29, 0.717) is 0 Å². The average molecular weight is 310 g/mol. The fraction of sp³-hybridized carbons (Fsp3) is 0.222. The number of nitriles is 1. The quantitative estimate of drug-likeness (QED) is 0.681. The number of nitrogens with zero attached hydrogens (tertiary/aromatic N) is 1. The predicted octanol–water partition coefficient (Wildman–Crippen LogP) is 4.15. The van der Waals surface area contributed by atoms with Gasteiger partial charge >= 0.3 is 0 Å². The number of hydrogen-bond donors (Lipinski definition) is 1. The molecule has 1 N–H and O–H groups in total. The lowest BCUT2D eigenvalue weighted by Crippen LogP contribution is -2.28. The molecule has 1 aromatic heterocycles. The summed E-state index contributed by atoms with van der Waals surface area (Å²) < 4.78 is 0. The Bertz CT molecular complexity index is 739. The van der Waals surface area contributed by atoms with Crippen LogP contribution in [0.1, 0.15) is 34.5 Å². The molecule has 0 saturated heterocycles. The maximum atomic E-state index is 12.3. The number of hydrogen-bond acceptors (Lipinski definition) is 3. The van der Waals surface area contributed by atoms with E-state index in [9.17, 15) is 10.1 Å². The number of carbonyl (C=O) groups excluding carboxylic acids is 1. The van der Waals surface area contributed by atoms with Crippen LogP contribution in [0.2, 0.25) is 0 Å². The van der Waals surface area contributed by atoms with E-state index in [1.165, 1.54) is 11.3 Å². The van der Waals surface area contributed by atoms with Crippen molar-refractivity contribution >= 4 is 23.3 Å². The minimum atomic E-state index is -0.343. The summed E-state index contributed by atoms with van der Waals surface area (Å²) >= 11 is 1.50. The number of rotatable bonds is 4. The van der Waals surface area contributed by atoms with E-state index >= 15 is 0 Å². The number of thiophene rings is 1. The Labute approximate surface area is 134 Å². The third-order valence-corrected chi connectivity index (χ3v) is 4.26. The van der Waals surface area contributed by atoms with Gasteiger partial charge in [0.05, 0.1) is 6.04 Å². The minimum Gasteiger partial charge on any atom is -0.345 e. The molecule has 1 unspecified atom stereocenters. The molecule has 0 fully saturated rings. The van der Waals surface area contributed by atoms with Crippen molar-refractivity contribution in [3.63, 3.8) is 0 Å². The lowest BCUT2D eigenvalue weighted by molar-refractivity contribution is -0.117. The van der Waals surface area contributed by atoms with Crippen LogP contribution in [-0.2, 0) is 4.79 Å². The molecule has 1 atom stereocenters. The van der Waals surface area contributed by atoms with E-state index in [0.717, 1.165) is 21.6 Å². The van der Waals surface area contributed by atoms with Gasteiger partial charge in [0, 0.05) is 4.88 Å². The van der Waals surface area contributed by atoms with Crippen molar-refractivity contribution < 1.29 is 4.79 Å². The first-order chi connectivity index (χ1) is 10.5. The molecule has 0 aliphatic rings. The van der Waals surface area contributed by atoms with Gasteiger partial charge in [-0.05, 0) is 49.4 Å². The zero-order valence-corrected chi connectivity index (χ0v) is 13.7. The van der Waals surface area contributed by atoms with Crippen LogP contribution in [-0.4, -0.2) is 5.91 Å². The molecular formula is C18H18N2OS. The molecule has 1 aromatic carbocycles. The fourth-order valence-electron chi connectivity index (χ4n) is 2.24. The molecule has 22 heavy (non-hydrogen) atoms. The van der Waals surface area contributed by atoms with E-state index in [1.54, 1.807) is 6.08 Å². The van der Waals surface area contributed by atoms with E-state index < -0.39 is 0 Å². The average Bonchev–Trinajstić information content (AvgIpc) is 3.00. The number of carbonyl (C=O) groups is 1. The highest BCUT2D eigenvalue weighted by Gasteiger charge is 2.15. The summed E-state index contributed by atoms with van der Waals surface area (Å²) in [6, 6.07) is 11.8. The lowest BCUT2D eigenvalue weighted by atomic mass is 10.00. The van der Waals surface area contributed by atoms with Crippen molar-refractivity contribution in [3.05, 3.63) is 62.9 Å². The number of nitrogens with one attached hydrogen (secondary N) is 1. The molecule has 0 saturated carbocycles. The second-order valence-electron chi connectivity index (χ2n) is 5.24. The van der Waals surface area contributed by atoms with Gasteiger partial charge in [-0.2, -0.15) is 5.26 Å². The van der Waals surface area contributed by atoms with E-state index in [-0.39, 0.29) is 17.5 Å². The van der Waals surface area contributed by atoms with Crippen LogP contribution in [0, 0.1) is 25.2 Å². The van der Waals surface area contributed by atoms with Crippen LogP contribution in [0.5, 0.6) is 0 Å². The topological polar surface area (TPSA) is 52.9 Å². The largest absolute Gasteiger partial charge is 0.345 e. The van der Waals surface area contributed by atoms with E-state index in [2.05, 4.69) is 11.4 Å². The zero-order chi connectivity index (χ0) is 16.1. The Balaban J connectivity index is 2.17. The molecule has 0 aliphatic heterocycles. The molecule has 0 aliphatic carbocycles. The molecule has 112 valence electrons. The van der Waals surface area contributed by atoms with Gasteiger partial charge in [-0.15, -0.1) is 11.3 Å². The Morgan fingerprint density at radius 1 is 1.36 bits per heavy atom. The molecular weight excluding hydrogens is 292 g/mol. The minimum absolute atomic E-state index is 0.125. The standard InChI is InChI=1S/C18H18N2OS/c1-12-6-7-13(2)17(9-12)14(3)20-18(21)15(11-19)10-16-5-4-8-22-16/h4-10,14H,1-3H3,(H,20,21)/b15-10+. The van der Waals surface area contributed by atoms with Crippen LogP contribution >= 0.6 is 11.3 Å². The SMILES string of the molecule is Cc1ccc(C)c(C(C)NC(=O)/C(C#N)=C/c2cccs2)c1. The fourth-order valence-corrected chi connectivity index (χ4v) is 2.90. The Hall–Kier alpha value is -2.38. The highest BCUT2D eigenvalue weighted by molar-refractivity contribution is 7.10. The van der Waals surface area contributed by atoms with Crippen LogP contribution in [0.4, 0.5) is 0 Å². The van der Waals surface area contributed by atoms with Gasteiger partial charge in [-0.25, -0.2) is 0 Å². The third kappa shape index (κ3) is 3.84. The molecule has 0 spiro atoms. The van der Waals surface area contributed by atoms with Crippen molar-refractivity contribution in [2.45, 2.75) is 26.8 Å². The third-order valence-electron chi connectivity index (χ3n) is 3.44. The first-order valence-electron chi connectivity index (χ1n) is 7.04. The van der Waals surface area contributed by atoms with Gasteiger partial charge in [0.2, 0.25) is 0 Å². The van der Waals surface area contributed by atoms with Gasteiger partial charge < -0.3 is 5.32 Å². The molecule has 3 nitrogen and oxygen atoms in total.